The molecular formula is C14H22N4O. The number of carbonyl (C=O) groups excluding carboxylic acids is 1. The molecule has 0 aromatic carbocycles. The number of nitrogens with one attached hydrogen (secondary N) is 1. The fourth-order valence-electron chi connectivity index (χ4n) is 2.38. The van der Waals surface area contributed by atoms with E-state index in [1.807, 2.05) is 0 Å². The number of carbonyl (C=O) groups is 1. The van der Waals surface area contributed by atoms with E-state index in [-0.39, 0.29) is 5.91 Å². The molecule has 0 aliphatic carbocycles. The zero-order valence-electron chi connectivity index (χ0n) is 11.3. The van der Waals surface area contributed by atoms with Gasteiger partial charge in [0.1, 0.15) is 0 Å². The molecule has 0 spiro atoms. The largest absolute Gasteiger partial charge is 0.397 e. The number of anilines is 1. The number of nitrogens with two attached hydrogens (primary N) is 1. The summed E-state index contributed by atoms with van der Waals surface area (Å²) in [6.07, 6.45) is 6.77. The minimum Gasteiger partial charge on any atom is -0.397 e. The summed E-state index contributed by atoms with van der Waals surface area (Å²) in [4.78, 5) is 18.3. The molecule has 3 N–H and O–H groups in total. The SMILES string of the molecule is Nc1cccnc1C(=O)NCCN1CCCCCC1. The van der Waals surface area contributed by atoms with Crippen LogP contribution in [0.5, 0.6) is 0 Å². The second-order valence-corrected chi connectivity index (χ2v) is 4.95. The molecule has 0 saturated carbocycles. The van der Waals surface area contributed by atoms with E-state index in [2.05, 4.69) is 15.2 Å². The van der Waals surface area contributed by atoms with Crippen molar-refractivity contribution in [3.63, 3.8) is 0 Å². The van der Waals surface area contributed by atoms with Gasteiger partial charge in [0.25, 0.3) is 5.91 Å². The van der Waals surface area contributed by atoms with Crippen LogP contribution < -0.4 is 11.1 Å². The van der Waals surface area contributed by atoms with Crippen LogP contribution in [0.25, 0.3) is 0 Å². The number of pyridine rings is 1. The van der Waals surface area contributed by atoms with Crippen molar-refractivity contribution in [2.24, 2.45) is 0 Å². The molecule has 1 aromatic heterocycles. The van der Waals surface area contributed by atoms with Gasteiger partial charge in [-0.3, -0.25) is 4.79 Å². The normalized spacial score (nSPS) is 16.8. The molecule has 1 aliphatic rings. The van der Waals surface area contributed by atoms with E-state index in [0.717, 1.165) is 19.6 Å². The van der Waals surface area contributed by atoms with Crippen LogP contribution in [0.2, 0.25) is 0 Å². The van der Waals surface area contributed by atoms with E-state index in [1.54, 1.807) is 18.3 Å². The van der Waals surface area contributed by atoms with Gasteiger partial charge in [-0.25, -0.2) is 4.98 Å². The van der Waals surface area contributed by atoms with E-state index in [9.17, 15) is 4.79 Å². The zero-order chi connectivity index (χ0) is 13.5. The van der Waals surface area contributed by atoms with Gasteiger partial charge in [0.2, 0.25) is 0 Å². The van der Waals surface area contributed by atoms with Crippen molar-refractivity contribution in [2.45, 2.75) is 25.7 Å². The lowest BCUT2D eigenvalue weighted by atomic mass is 10.2. The van der Waals surface area contributed by atoms with Crippen LogP contribution in [0.3, 0.4) is 0 Å². The van der Waals surface area contributed by atoms with Crippen LogP contribution in [0.1, 0.15) is 36.2 Å². The molecule has 0 radical (unpaired) electrons. The first-order chi connectivity index (χ1) is 9.27. The summed E-state index contributed by atoms with van der Waals surface area (Å²) in [5.74, 6) is -0.187. The molecule has 2 heterocycles. The second kappa shape index (κ2) is 7.09. The standard InChI is InChI=1S/C14H22N4O/c15-12-6-5-7-16-13(12)14(19)17-8-11-18-9-3-1-2-4-10-18/h5-7H,1-4,8-11,15H2,(H,17,19). The highest BCUT2D eigenvalue weighted by Gasteiger charge is 2.12. The Morgan fingerprint density at radius 3 is 2.74 bits per heavy atom. The summed E-state index contributed by atoms with van der Waals surface area (Å²) < 4.78 is 0. The summed E-state index contributed by atoms with van der Waals surface area (Å²) in [5, 5.41) is 2.88. The quantitative estimate of drug-likeness (QED) is 0.857. The van der Waals surface area contributed by atoms with Gasteiger partial charge in [0, 0.05) is 19.3 Å². The van der Waals surface area contributed by atoms with Crippen molar-refractivity contribution < 1.29 is 4.79 Å². The fraction of sp³-hybridized carbons (Fsp3) is 0.571. The Hall–Kier alpha value is -1.62. The molecule has 0 unspecified atom stereocenters. The molecule has 0 atom stereocenters. The predicted molar refractivity (Wildman–Crippen MR) is 75.9 cm³/mol. The van der Waals surface area contributed by atoms with Gasteiger partial charge in [-0.1, -0.05) is 12.8 Å². The van der Waals surface area contributed by atoms with Gasteiger partial charge in [0.15, 0.2) is 5.69 Å². The lowest BCUT2D eigenvalue weighted by Gasteiger charge is -2.19. The molecule has 0 bridgehead atoms. The van der Waals surface area contributed by atoms with Crippen molar-refractivity contribution in [1.29, 1.82) is 0 Å². The fourth-order valence-corrected chi connectivity index (χ4v) is 2.38. The Labute approximate surface area is 114 Å². The van der Waals surface area contributed by atoms with Crippen molar-refractivity contribution in [2.75, 3.05) is 31.9 Å². The van der Waals surface area contributed by atoms with E-state index in [4.69, 9.17) is 5.73 Å². The monoisotopic (exact) mass is 262 g/mol. The summed E-state index contributed by atoms with van der Waals surface area (Å²) in [6, 6.07) is 3.42. The highest BCUT2D eigenvalue weighted by molar-refractivity contribution is 5.96. The van der Waals surface area contributed by atoms with Crippen LogP contribution in [-0.2, 0) is 0 Å². The number of rotatable bonds is 4. The van der Waals surface area contributed by atoms with E-state index < -0.39 is 0 Å². The Kier molecular flexibility index (Phi) is 5.15. The van der Waals surface area contributed by atoms with E-state index >= 15 is 0 Å². The number of nitrogens with zero attached hydrogens (tertiary/aromatic N) is 2. The molecule has 1 amide bonds. The van der Waals surface area contributed by atoms with Crippen LogP contribution in [-0.4, -0.2) is 42.0 Å². The number of amides is 1. The van der Waals surface area contributed by atoms with Crippen molar-refractivity contribution in [3.05, 3.63) is 24.0 Å². The first-order valence-corrected chi connectivity index (χ1v) is 6.98. The smallest absolute Gasteiger partial charge is 0.272 e. The molecule has 104 valence electrons. The predicted octanol–water partition coefficient (Wildman–Crippen LogP) is 1.27. The minimum absolute atomic E-state index is 0.187. The van der Waals surface area contributed by atoms with Crippen molar-refractivity contribution in [1.82, 2.24) is 15.2 Å². The number of nitrogen functional groups attached to an aromatic ring is 1. The Balaban J connectivity index is 1.76. The second-order valence-electron chi connectivity index (χ2n) is 4.95. The summed E-state index contributed by atoms with van der Waals surface area (Å²) in [6.45, 7) is 3.83. The van der Waals surface area contributed by atoms with Gasteiger partial charge in [-0.2, -0.15) is 0 Å². The van der Waals surface area contributed by atoms with Crippen LogP contribution >= 0.6 is 0 Å². The maximum Gasteiger partial charge on any atom is 0.272 e. The molecule has 1 fully saturated rings. The number of hydrogen-bond donors (Lipinski definition) is 2. The molecule has 1 aliphatic heterocycles. The number of likely N-dealkylation sites (tertiary alicyclic amines) is 1. The highest BCUT2D eigenvalue weighted by Crippen LogP contribution is 2.09. The third-order valence-corrected chi connectivity index (χ3v) is 3.47. The summed E-state index contributed by atoms with van der Waals surface area (Å²) in [5.41, 5.74) is 6.47. The summed E-state index contributed by atoms with van der Waals surface area (Å²) >= 11 is 0. The van der Waals surface area contributed by atoms with Gasteiger partial charge in [-0.15, -0.1) is 0 Å². The zero-order valence-corrected chi connectivity index (χ0v) is 11.3. The molecule has 1 aromatic rings. The maximum atomic E-state index is 11.9. The van der Waals surface area contributed by atoms with Crippen LogP contribution in [0.15, 0.2) is 18.3 Å². The molecule has 5 heteroatoms. The third-order valence-electron chi connectivity index (χ3n) is 3.47. The van der Waals surface area contributed by atoms with Crippen LogP contribution in [0, 0.1) is 0 Å². The first-order valence-electron chi connectivity index (χ1n) is 6.98. The number of hydrogen-bond acceptors (Lipinski definition) is 4. The molecular weight excluding hydrogens is 240 g/mol. The average Bonchev–Trinajstić information content (AvgIpc) is 2.68. The Morgan fingerprint density at radius 2 is 2.05 bits per heavy atom. The van der Waals surface area contributed by atoms with Gasteiger partial charge >= 0.3 is 0 Å². The Bertz CT molecular complexity index is 414. The van der Waals surface area contributed by atoms with Crippen molar-refractivity contribution in [3.8, 4) is 0 Å². The van der Waals surface area contributed by atoms with E-state index in [0.29, 0.717) is 17.9 Å². The molecule has 2 rings (SSSR count). The molecule has 1 saturated heterocycles. The van der Waals surface area contributed by atoms with Gasteiger partial charge in [0.05, 0.1) is 5.69 Å². The lowest BCUT2D eigenvalue weighted by Crippen LogP contribution is -2.36. The topological polar surface area (TPSA) is 71.2 Å². The maximum absolute atomic E-state index is 11.9. The minimum atomic E-state index is -0.187. The van der Waals surface area contributed by atoms with Crippen molar-refractivity contribution >= 4 is 11.6 Å². The molecule has 5 nitrogen and oxygen atoms in total. The van der Waals surface area contributed by atoms with Crippen LogP contribution in [0.4, 0.5) is 5.69 Å². The van der Waals surface area contributed by atoms with E-state index in [1.165, 1.54) is 25.7 Å². The number of aromatic nitrogens is 1. The lowest BCUT2D eigenvalue weighted by molar-refractivity contribution is 0.0944. The third kappa shape index (κ3) is 4.21. The average molecular weight is 262 g/mol. The highest BCUT2D eigenvalue weighted by atomic mass is 16.1. The summed E-state index contributed by atoms with van der Waals surface area (Å²) in [7, 11) is 0. The Morgan fingerprint density at radius 1 is 1.32 bits per heavy atom. The van der Waals surface area contributed by atoms with Gasteiger partial charge in [-0.05, 0) is 38.1 Å². The first kappa shape index (κ1) is 13.8. The molecule has 19 heavy (non-hydrogen) atoms. The van der Waals surface area contributed by atoms with Gasteiger partial charge < -0.3 is 16.0 Å².